The van der Waals surface area contributed by atoms with Crippen LogP contribution in [0.2, 0.25) is 18.6 Å². The third-order valence-electron chi connectivity index (χ3n) is 10.7. The number of carbonyl (C=O) groups excluding carboxylic acids is 3. The lowest BCUT2D eigenvalue weighted by Crippen LogP contribution is -2.48. The SMILES string of the molecule is C[C@H]1[C@H]([Si](C)(C)O)[C@@H](CC(=O)N2Cc3ccccc3C[C@H]2CO)O[C@]12C(=O)N(Cc1ccc(NC(=O)c3ccccc3)cc1)c1ccccc12. The molecule has 0 aromatic heterocycles. The van der Waals surface area contributed by atoms with Crippen molar-refractivity contribution in [3.63, 3.8) is 0 Å². The molecule has 0 radical (unpaired) electrons. The molecule has 4 aromatic carbocycles. The van der Waals surface area contributed by atoms with E-state index < -0.39 is 31.5 Å². The van der Waals surface area contributed by atoms with Crippen molar-refractivity contribution < 1.29 is 29.0 Å². The van der Waals surface area contributed by atoms with E-state index >= 15 is 0 Å². The molecule has 50 heavy (non-hydrogen) atoms. The second-order valence-electron chi connectivity index (χ2n) is 14.3. The van der Waals surface area contributed by atoms with Gasteiger partial charge in [-0.15, -0.1) is 0 Å². The van der Waals surface area contributed by atoms with Gasteiger partial charge >= 0.3 is 0 Å². The molecule has 9 nitrogen and oxygen atoms in total. The van der Waals surface area contributed by atoms with E-state index in [-0.39, 0.29) is 43.3 Å². The number of hydrogen-bond donors (Lipinski definition) is 3. The lowest BCUT2D eigenvalue weighted by molar-refractivity contribution is -0.151. The highest BCUT2D eigenvalue weighted by Crippen LogP contribution is 2.59. The molecule has 1 fully saturated rings. The van der Waals surface area contributed by atoms with Gasteiger partial charge in [0.05, 0.1) is 37.4 Å². The number of fused-ring (bicyclic) bond motifs is 3. The number of nitrogens with zero attached hydrogens (tertiary/aromatic N) is 2. The van der Waals surface area contributed by atoms with Gasteiger partial charge in [-0.05, 0) is 66.5 Å². The molecule has 5 atom stereocenters. The summed E-state index contributed by atoms with van der Waals surface area (Å²) in [6, 6.07) is 31.7. The largest absolute Gasteiger partial charge is 0.432 e. The van der Waals surface area contributed by atoms with E-state index in [2.05, 4.69) is 5.32 Å². The van der Waals surface area contributed by atoms with Crippen LogP contribution in [0.15, 0.2) is 103 Å². The number of ether oxygens (including phenoxy) is 1. The molecule has 0 saturated carbocycles. The Bertz CT molecular complexity index is 1910. The molecular formula is C40H43N3O6Si. The molecule has 4 aromatic rings. The molecule has 10 heteroatoms. The molecule has 3 aliphatic heterocycles. The molecule has 258 valence electrons. The van der Waals surface area contributed by atoms with Crippen molar-refractivity contribution in [3.8, 4) is 0 Å². The number of rotatable bonds is 8. The summed E-state index contributed by atoms with van der Waals surface area (Å²) in [5, 5.41) is 13.2. The van der Waals surface area contributed by atoms with Gasteiger partial charge in [0.15, 0.2) is 13.9 Å². The van der Waals surface area contributed by atoms with Crippen LogP contribution in [0.1, 0.15) is 46.0 Å². The second kappa shape index (κ2) is 13.3. The van der Waals surface area contributed by atoms with Crippen molar-refractivity contribution in [2.24, 2.45) is 5.92 Å². The summed E-state index contributed by atoms with van der Waals surface area (Å²) >= 11 is 0. The number of benzene rings is 4. The Kier molecular flexibility index (Phi) is 8.98. The van der Waals surface area contributed by atoms with Crippen molar-refractivity contribution >= 4 is 37.4 Å². The Labute approximate surface area is 293 Å². The number of hydrogen-bond acceptors (Lipinski definition) is 6. The van der Waals surface area contributed by atoms with Crippen LogP contribution in [-0.2, 0) is 39.4 Å². The molecule has 0 bridgehead atoms. The second-order valence-corrected chi connectivity index (χ2v) is 18.3. The monoisotopic (exact) mass is 689 g/mol. The van der Waals surface area contributed by atoms with Crippen LogP contribution in [0.4, 0.5) is 11.4 Å². The van der Waals surface area contributed by atoms with Gasteiger partial charge in [-0.25, -0.2) is 0 Å². The molecular weight excluding hydrogens is 647 g/mol. The van der Waals surface area contributed by atoms with E-state index in [1.807, 2.05) is 111 Å². The number of para-hydroxylation sites is 1. The summed E-state index contributed by atoms with van der Waals surface area (Å²) in [6.45, 7) is 6.18. The van der Waals surface area contributed by atoms with Crippen molar-refractivity contribution in [1.82, 2.24) is 4.90 Å². The number of anilines is 2. The Balaban J connectivity index is 1.14. The number of amides is 3. The first-order valence-corrected chi connectivity index (χ1v) is 20.3. The highest BCUT2D eigenvalue weighted by atomic mass is 28.4. The topological polar surface area (TPSA) is 119 Å². The number of nitrogens with one attached hydrogen (secondary N) is 1. The minimum Gasteiger partial charge on any atom is -0.432 e. The van der Waals surface area contributed by atoms with Crippen LogP contribution in [0.5, 0.6) is 0 Å². The summed E-state index contributed by atoms with van der Waals surface area (Å²) in [7, 11) is -2.99. The van der Waals surface area contributed by atoms with Gasteiger partial charge in [0, 0.05) is 34.8 Å². The van der Waals surface area contributed by atoms with E-state index in [9.17, 15) is 24.3 Å². The standard InChI is InChI=1S/C40H43N3O6Si/c1-26-37(50(2,3)48)35(22-36(45)42-24-30-14-8-7-13-29(30)21-32(42)25-44)49-40(26)33-15-9-10-16-34(33)43(39(40)47)23-27-17-19-31(20-18-27)41-38(46)28-11-5-4-6-12-28/h4-20,26,32,35,37,44,48H,21-25H2,1-3H3,(H,41,46)/t26-,32-,35+,37-,40+/m0/s1. The average molecular weight is 690 g/mol. The van der Waals surface area contributed by atoms with E-state index in [4.69, 9.17) is 4.74 Å². The van der Waals surface area contributed by atoms with Gasteiger partial charge < -0.3 is 29.8 Å². The normalized spacial score (nSPS) is 24.3. The highest BCUT2D eigenvalue weighted by Gasteiger charge is 2.66. The highest BCUT2D eigenvalue weighted by molar-refractivity contribution is 6.71. The minimum atomic E-state index is -2.99. The smallest absolute Gasteiger partial charge is 0.264 e. The number of carbonyl (C=O) groups is 3. The van der Waals surface area contributed by atoms with Crippen LogP contribution in [0, 0.1) is 5.92 Å². The molecule has 3 amide bonds. The first-order chi connectivity index (χ1) is 24.0. The predicted molar refractivity (Wildman–Crippen MR) is 194 cm³/mol. The minimum absolute atomic E-state index is 0.00196. The van der Waals surface area contributed by atoms with E-state index in [0.717, 1.165) is 27.9 Å². The zero-order chi connectivity index (χ0) is 35.2. The quantitative estimate of drug-likeness (QED) is 0.207. The van der Waals surface area contributed by atoms with Crippen molar-refractivity contribution in [3.05, 3.63) is 131 Å². The van der Waals surface area contributed by atoms with Crippen LogP contribution in [-0.4, -0.2) is 59.6 Å². The van der Waals surface area contributed by atoms with Crippen molar-refractivity contribution in [2.75, 3.05) is 16.8 Å². The molecule has 3 aliphatic rings. The molecule has 1 spiro atoms. The van der Waals surface area contributed by atoms with Gasteiger partial charge in [0.2, 0.25) is 5.91 Å². The van der Waals surface area contributed by atoms with Crippen LogP contribution in [0.3, 0.4) is 0 Å². The summed E-state index contributed by atoms with van der Waals surface area (Å²) in [4.78, 5) is 56.7. The Morgan fingerprint density at radius 3 is 2.28 bits per heavy atom. The van der Waals surface area contributed by atoms with Crippen LogP contribution >= 0.6 is 0 Å². The van der Waals surface area contributed by atoms with E-state index in [1.165, 1.54) is 0 Å². The van der Waals surface area contributed by atoms with Gasteiger partial charge in [0.25, 0.3) is 11.8 Å². The maximum atomic E-state index is 14.8. The van der Waals surface area contributed by atoms with E-state index in [0.29, 0.717) is 24.2 Å². The molecule has 0 aliphatic carbocycles. The first-order valence-electron chi connectivity index (χ1n) is 17.3. The fourth-order valence-corrected chi connectivity index (χ4v) is 10.9. The maximum Gasteiger partial charge on any atom is 0.264 e. The third-order valence-corrected chi connectivity index (χ3v) is 13.2. The van der Waals surface area contributed by atoms with Gasteiger partial charge in [-0.3, -0.25) is 14.4 Å². The summed E-state index contributed by atoms with van der Waals surface area (Å²) < 4.78 is 6.90. The van der Waals surface area contributed by atoms with Gasteiger partial charge in [-0.1, -0.05) is 79.7 Å². The van der Waals surface area contributed by atoms with E-state index in [1.54, 1.807) is 21.9 Å². The molecule has 0 unspecified atom stereocenters. The summed E-state index contributed by atoms with van der Waals surface area (Å²) in [5.41, 5.74) is 3.97. The van der Waals surface area contributed by atoms with Crippen molar-refractivity contribution in [1.29, 1.82) is 0 Å². The summed E-state index contributed by atoms with van der Waals surface area (Å²) in [6.07, 6.45) is -0.127. The fraction of sp³-hybridized carbons (Fsp3) is 0.325. The number of aliphatic hydroxyl groups is 1. The fourth-order valence-electron chi connectivity index (χ4n) is 8.39. The van der Waals surface area contributed by atoms with Crippen molar-refractivity contribution in [2.45, 2.75) is 69.2 Å². The lowest BCUT2D eigenvalue weighted by Gasteiger charge is -2.37. The Hall–Kier alpha value is -4.61. The van der Waals surface area contributed by atoms with Crippen LogP contribution < -0.4 is 10.2 Å². The number of aliphatic hydroxyl groups excluding tert-OH is 1. The average Bonchev–Trinajstić information content (AvgIpc) is 3.54. The Morgan fingerprint density at radius 1 is 0.920 bits per heavy atom. The molecule has 3 heterocycles. The zero-order valence-electron chi connectivity index (χ0n) is 28.6. The maximum absolute atomic E-state index is 14.8. The molecule has 1 saturated heterocycles. The molecule has 3 N–H and O–H groups in total. The predicted octanol–water partition coefficient (Wildman–Crippen LogP) is 5.62. The van der Waals surface area contributed by atoms with Gasteiger partial charge in [-0.2, -0.15) is 0 Å². The first kappa shape index (κ1) is 33.9. The lowest BCUT2D eigenvalue weighted by atomic mass is 9.82. The third kappa shape index (κ3) is 5.96. The zero-order valence-corrected chi connectivity index (χ0v) is 29.6. The summed E-state index contributed by atoms with van der Waals surface area (Å²) in [5.74, 6) is -0.986. The molecule has 7 rings (SSSR count). The van der Waals surface area contributed by atoms with Crippen LogP contribution in [0.25, 0.3) is 0 Å². The Morgan fingerprint density at radius 2 is 1.58 bits per heavy atom. The van der Waals surface area contributed by atoms with Gasteiger partial charge in [0.1, 0.15) is 0 Å².